The van der Waals surface area contributed by atoms with Crippen LogP contribution in [0.1, 0.15) is 5.56 Å². The number of halogens is 1. The van der Waals surface area contributed by atoms with E-state index in [1.807, 2.05) is 43.5 Å². The maximum Gasteiger partial charge on any atom is 0.243 e. The fraction of sp³-hybridized carbons (Fsp3) is 0.188. The summed E-state index contributed by atoms with van der Waals surface area (Å²) in [6.07, 6.45) is 2.02. The summed E-state index contributed by atoms with van der Waals surface area (Å²) in [5, 5.41) is 6.58. The zero-order valence-electron chi connectivity index (χ0n) is 11.9. The van der Waals surface area contributed by atoms with Gasteiger partial charge in [-0.15, -0.1) is 11.8 Å². The minimum absolute atomic E-state index is 0.102. The average molecular weight is 321 g/mol. The molecule has 21 heavy (non-hydrogen) atoms. The molecular weight excluding hydrogens is 304 g/mol. The van der Waals surface area contributed by atoms with E-state index in [9.17, 15) is 4.79 Å². The van der Waals surface area contributed by atoms with E-state index in [1.54, 1.807) is 23.9 Å². The highest BCUT2D eigenvalue weighted by Gasteiger charge is 2.05. The van der Waals surface area contributed by atoms with Gasteiger partial charge in [0.25, 0.3) is 0 Å². The monoisotopic (exact) mass is 320 g/mol. The molecule has 0 radical (unpaired) electrons. The van der Waals surface area contributed by atoms with Gasteiger partial charge in [-0.25, -0.2) is 0 Å². The zero-order valence-corrected chi connectivity index (χ0v) is 13.5. The third kappa shape index (κ3) is 4.69. The van der Waals surface area contributed by atoms with Crippen LogP contribution in [0, 0.1) is 6.92 Å². The summed E-state index contributed by atoms with van der Waals surface area (Å²) in [7, 11) is 0. The molecular formula is C16H17ClN2OS. The number of thioether (sulfide) groups is 1. The summed E-state index contributed by atoms with van der Waals surface area (Å²) in [5.41, 5.74) is 2.66. The lowest BCUT2D eigenvalue weighted by atomic mass is 10.2. The third-order valence-corrected chi connectivity index (χ3v) is 3.96. The molecule has 1 amide bonds. The molecule has 2 aromatic rings. The number of rotatable bonds is 5. The topological polar surface area (TPSA) is 41.1 Å². The lowest BCUT2D eigenvalue weighted by Gasteiger charge is -2.10. The van der Waals surface area contributed by atoms with Crippen molar-refractivity contribution in [1.29, 1.82) is 0 Å². The van der Waals surface area contributed by atoms with E-state index in [-0.39, 0.29) is 12.5 Å². The Morgan fingerprint density at radius 2 is 2.05 bits per heavy atom. The van der Waals surface area contributed by atoms with Crippen molar-refractivity contribution in [3.05, 3.63) is 53.1 Å². The molecule has 0 saturated heterocycles. The summed E-state index contributed by atoms with van der Waals surface area (Å²) in [4.78, 5) is 13.1. The summed E-state index contributed by atoms with van der Waals surface area (Å²) < 4.78 is 0. The minimum atomic E-state index is -0.102. The maximum absolute atomic E-state index is 12.0. The van der Waals surface area contributed by atoms with Gasteiger partial charge in [0.05, 0.1) is 6.54 Å². The van der Waals surface area contributed by atoms with E-state index in [4.69, 9.17) is 11.6 Å². The van der Waals surface area contributed by atoms with Crippen LogP contribution in [0.3, 0.4) is 0 Å². The van der Waals surface area contributed by atoms with Crippen LogP contribution >= 0.6 is 23.4 Å². The van der Waals surface area contributed by atoms with Crippen molar-refractivity contribution in [1.82, 2.24) is 0 Å². The van der Waals surface area contributed by atoms with E-state index in [2.05, 4.69) is 10.6 Å². The minimum Gasteiger partial charge on any atom is -0.376 e. The van der Waals surface area contributed by atoms with Crippen LogP contribution in [0.5, 0.6) is 0 Å². The van der Waals surface area contributed by atoms with Crippen LogP contribution in [0.4, 0.5) is 11.4 Å². The van der Waals surface area contributed by atoms with Crippen molar-refractivity contribution in [2.45, 2.75) is 11.8 Å². The van der Waals surface area contributed by atoms with Crippen LogP contribution in [0.2, 0.25) is 5.02 Å². The molecule has 2 aromatic carbocycles. The molecule has 0 heterocycles. The number of aryl methyl sites for hydroxylation is 1. The average Bonchev–Trinajstić information content (AvgIpc) is 2.49. The molecule has 0 aliphatic rings. The normalized spacial score (nSPS) is 10.2. The van der Waals surface area contributed by atoms with Crippen molar-refractivity contribution >= 4 is 40.6 Å². The Kier molecular flexibility index (Phi) is 5.53. The molecule has 0 aliphatic heterocycles. The standard InChI is InChI=1S/C16H17ClN2OS/c1-11-6-7-12(17)8-15(11)19-16(20)10-18-13-4-3-5-14(9-13)21-2/h3-9,18H,10H2,1-2H3,(H,19,20). The van der Waals surface area contributed by atoms with E-state index in [0.717, 1.165) is 21.8 Å². The lowest BCUT2D eigenvalue weighted by molar-refractivity contribution is -0.114. The Morgan fingerprint density at radius 1 is 1.24 bits per heavy atom. The highest BCUT2D eigenvalue weighted by Crippen LogP contribution is 2.21. The molecule has 110 valence electrons. The van der Waals surface area contributed by atoms with E-state index in [0.29, 0.717) is 5.02 Å². The second kappa shape index (κ2) is 7.38. The molecule has 3 nitrogen and oxygen atoms in total. The van der Waals surface area contributed by atoms with Crippen LogP contribution in [-0.2, 0) is 4.79 Å². The molecule has 0 aromatic heterocycles. The van der Waals surface area contributed by atoms with Crippen LogP contribution in [-0.4, -0.2) is 18.7 Å². The molecule has 0 fully saturated rings. The molecule has 2 rings (SSSR count). The van der Waals surface area contributed by atoms with Crippen LogP contribution in [0.15, 0.2) is 47.4 Å². The van der Waals surface area contributed by atoms with Gasteiger partial charge in [0.1, 0.15) is 0 Å². The molecule has 0 unspecified atom stereocenters. The number of benzene rings is 2. The maximum atomic E-state index is 12.0. The second-order valence-corrected chi connectivity index (χ2v) is 5.91. The highest BCUT2D eigenvalue weighted by atomic mass is 35.5. The quantitative estimate of drug-likeness (QED) is 0.801. The van der Waals surface area contributed by atoms with Crippen LogP contribution in [0.25, 0.3) is 0 Å². The Balaban J connectivity index is 1.94. The fourth-order valence-corrected chi connectivity index (χ4v) is 2.47. The van der Waals surface area contributed by atoms with E-state index in [1.165, 1.54) is 0 Å². The van der Waals surface area contributed by atoms with E-state index < -0.39 is 0 Å². The fourth-order valence-electron chi connectivity index (χ4n) is 1.84. The van der Waals surface area contributed by atoms with Gasteiger partial charge in [0.15, 0.2) is 0 Å². The molecule has 2 N–H and O–H groups in total. The first-order valence-corrected chi connectivity index (χ1v) is 8.12. The number of nitrogens with one attached hydrogen (secondary N) is 2. The van der Waals surface area contributed by atoms with Gasteiger partial charge in [-0.3, -0.25) is 4.79 Å². The molecule has 0 saturated carbocycles. The highest BCUT2D eigenvalue weighted by molar-refractivity contribution is 7.98. The first-order chi connectivity index (χ1) is 10.1. The van der Waals surface area contributed by atoms with Gasteiger partial charge in [0, 0.05) is 21.3 Å². The molecule has 0 atom stereocenters. The SMILES string of the molecule is CSc1cccc(NCC(=O)Nc2cc(Cl)ccc2C)c1. The number of carbonyl (C=O) groups excluding carboxylic acids is 1. The molecule has 0 aliphatic carbocycles. The number of hydrogen-bond donors (Lipinski definition) is 2. The van der Waals surface area contributed by atoms with Gasteiger partial charge in [-0.05, 0) is 49.1 Å². The predicted octanol–water partition coefficient (Wildman–Crippen LogP) is 4.42. The first-order valence-electron chi connectivity index (χ1n) is 6.52. The largest absolute Gasteiger partial charge is 0.376 e. The summed E-state index contributed by atoms with van der Waals surface area (Å²) in [6, 6.07) is 13.4. The van der Waals surface area contributed by atoms with Gasteiger partial charge < -0.3 is 10.6 Å². The van der Waals surface area contributed by atoms with Crippen molar-refractivity contribution < 1.29 is 4.79 Å². The number of hydrogen-bond acceptors (Lipinski definition) is 3. The Hall–Kier alpha value is -1.65. The third-order valence-electron chi connectivity index (χ3n) is 3.00. The van der Waals surface area contributed by atoms with Gasteiger partial charge in [-0.2, -0.15) is 0 Å². The molecule has 0 bridgehead atoms. The van der Waals surface area contributed by atoms with Gasteiger partial charge in [0.2, 0.25) is 5.91 Å². The van der Waals surface area contributed by atoms with Crippen LogP contribution < -0.4 is 10.6 Å². The number of anilines is 2. The first kappa shape index (κ1) is 15.7. The summed E-state index contributed by atoms with van der Waals surface area (Å²) in [6.45, 7) is 2.14. The molecule has 0 spiro atoms. The Bertz CT molecular complexity index is 646. The molecule has 5 heteroatoms. The van der Waals surface area contributed by atoms with Crippen molar-refractivity contribution in [2.24, 2.45) is 0 Å². The zero-order chi connectivity index (χ0) is 15.2. The second-order valence-electron chi connectivity index (χ2n) is 4.59. The number of carbonyl (C=O) groups is 1. The van der Waals surface area contributed by atoms with Crippen molar-refractivity contribution in [3.63, 3.8) is 0 Å². The summed E-state index contributed by atoms with van der Waals surface area (Å²) >= 11 is 7.61. The van der Waals surface area contributed by atoms with Gasteiger partial charge in [-0.1, -0.05) is 23.7 Å². The predicted molar refractivity (Wildman–Crippen MR) is 91.5 cm³/mol. The Labute approximate surface area is 134 Å². The Morgan fingerprint density at radius 3 is 2.81 bits per heavy atom. The summed E-state index contributed by atoms with van der Waals surface area (Å²) in [5.74, 6) is -0.102. The lowest BCUT2D eigenvalue weighted by Crippen LogP contribution is -2.22. The van der Waals surface area contributed by atoms with Crippen molar-refractivity contribution in [2.75, 3.05) is 23.4 Å². The van der Waals surface area contributed by atoms with Crippen molar-refractivity contribution in [3.8, 4) is 0 Å². The van der Waals surface area contributed by atoms with E-state index >= 15 is 0 Å². The smallest absolute Gasteiger partial charge is 0.243 e. The number of amides is 1. The van der Waals surface area contributed by atoms with Gasteiger partial charge >= 0.3 is 0 Å².